The van der Waals surface area contributed by atoms with Gasteiger partial charge in [0.2, 0.25) is 0 Å². The minimum absolute atomic E-state index is 0.118. The van der Waals surface area contributed by atoms with Crippen LogP contribution in [0.2, 0.25) is 0 Å². The van der Waals surface area contributed by atoms with Gasteiger partial charge in [0.25, 0.3) is 0 Å². The molecule has 30 heavy (non-hydrogen) atoms. The maximum Gasteiger partial charge on any atom is 0.187 e. The van der Waals surface area contributed by atoms with E-state index >= 15 is 0 Å². The summed E-state index contributed by atoms with van der Waals surface area (Å²) in [6.45, 7) is 6.35. The van der Waals surface area contributed by atoms with Crippen LogP contribution in [0.15, 0.2) is 0 Å². The predicted molar refractivity (Wildman–Crippen MR) is 100.0 cm³/mol. The third-order valence-corrected chi connectivity index (χ3v) is 5.30. The smallest absolute Gasteiger partial charge is 0.187 e. The molecule has 6 N–H and O–H groups in total. The molecule has 2 aliphatic heterocycles. The van der Waals surface area contributed by atoms with Gasteiger partial charge < -0.3 is 49.6 Å². The number of carbonyl (C=O) groups excluding carboxylic acids is 1. The molecule has 2 saturated heterocycles. The van der Waals surface area contributed by atoms with Gasteiger partial charge in [-0.3, -0.25) is 4.79 Å². The second kappa shape index (κ2) is 10.7. The summed E-state index contributed by atoms with van der Waals surface area (Å²) in [5.41, 5.74) is 0. The summed E-state index contributed by atoms with van der Waals surface area (Å²) in [6.07, 6.45) is -14.5. The van der Waals surface area contributed by atoms with Crippen molar-refractivity contribution in [2.75, 3.05) is 6.61 Å². The summed E-state index contributed by atoms with van der Waals surface area (Å²) in [6, 6.07) is 0. The predicted octanol–water partition coefficient (Wildman–Crippen LogP) is -2.34. The Morgan fingerprint density at radius 1 is 0.833 bits per heavy atom. The van der Waals surface area contributed by atoms with Crippen LogP contribution in [0.3, 0.4) is 0 Å². The highest BCUT2D eigenvalue weighted by Crippen LogP contribution is 2.26. The van der Waals surface area contributed by atoms with E-state index in [0.29, 0.717) is 0 Å². The molecule has 0 radical (unpaired) electrons. The molecule has 0 aromatic heterocycles. The highest BCUT2D eigenvalue weighted by atomic mass is 16.7. The molecular formula is C19H34O11. The molecule has 11 atom stereocenters. The number of ether oxygens (including phenoxy) is 4. The van der Waals surface area contributed by atoms with Crippen LogP contribution in [0, 0.1) is 5.92 Å². The number of carbonyl (C=O) groups is 1. The SMILES string of the molecule is CC(C)CC(=O)[C@@H](C)O[C@@H]1O[C@H](CO[C@@H]2O[C@@H](C)[C@H](O)[C@@H](O)[C@H]2O)[C@@H](O)[C@H](O)[C@H]1O. The zero-order valence-corrected chi connectivity index (χ0v) is 17.6. The second-order valence-corrected chi connectivity index (χ2v) is 8.37. The van der Waals surface area contributed by atoms with E-state index in [1.54, 1.807) is 0 Å². The van der Waals surface area contributed by atoms with E-state index < -0.39 is 74.1 Å². The fraction of sp³-hybridized carbons (Fsp3) is 0.947. The average molecular weight is 438 g/mol. The summed E-state index contributed by atoms with van der Waals surface area (Å²) in [5, 5.41) is 60.1. The van der Waals surface area contributed by atoms with E-state index in [-0.39, 0.29) is 18.1 Å². The molecule has 2 aliphatic rings. The van der Waals surface area contributed by atoms with Gasteiger partial charge in [-0.25, -0.2) is 0 Å². The van der Waals surface area contributed by atoms with Gasteiger partial charge in [0.1, 0.15) is 48.8 Å². The molecule has 2 fully saturated rings. The maximum atomic E-state index is 12.1. The molecule has 0 unspecified atom stereocenters. The van der Waals surface area contributed by atoms with Crippen LogP contribution >= 0.6 is 0 Å². The van der Waals surface area contributed by atoms with Gasteiger partial charge in [-0.1, -0.05) is 13.8 Å². The Labute approximate surface area is 175 Å². The molecular weight excluding hydrogens is 404 g/mol. The Kier molecular flexibility index (Phi) is 9.13. The summed E-state index contributed by atoms with van der Waals surface area (Å²) in [4.78, 5) is 12.1. The van der Waals surface area contributed by atoms with Crippen molar-refractivity contribution in [3.05, 3.63) is 0 Å². The van der Waals surface area contributed by atoms with Crippen molar-refractivity contribution < 1.29 is 54.4 Å². The molecule has 2 rings (SSSR count). The van der Waals surface area contributed by atoms with Crippen molar-refractivity contribution in [1.82, 2.24) is 0 Å². The van der Waals surface area contributed by atoms with Crippen molar-refractivity contribution >= 4 is 5.78 Å². The summed E-state index contributed by atoms with van der Waals surface area (Å²) < 4.78 is 21.7. The highest BCUT2D eigenvalue weighted by molar-refractivity contribution is 5.82. The largest absolute Gasteiger partial charge is 0.388 e. The number of Topliss-reactive ketones (excluding diaryl/α,β-unsaturated/α-hetero) is 1. The van der Waals surface area contributed by atoms with Gasteiger partial charge in [0.15, 0.2) is 18.4 Å². The van der Waals surface area contributed by atoms with Crippen LogP contribution in [0.25, 0.3) is 0 Å². The van der Waals surface area contributed by atoms with Crippen LogP contribution in [0.4, 0.5) is 0 Å². The highest BCUT2D eigenvalue weighted by Gasteiger charge is 2.47. The van der Waals surface area contributed by atoms with Crippen LogP contribution in [0.1, 0.15) is 34.1 Å². The van der Waals surface area contributed by atoms with Crippen molar-refractivity contribution in [3.63, 3.8) is 0 Å². The van der Waals surface area contributed by atoms with Gasteiger partial charge in [-0.2, -0.15) is 0 Å². The fourth-order valence-electron chi connectivity index (χ4n) is 3.35. The van der Waals surface area contributed by atoms with E-state index in [2.05, 4.69) is 0 Å². The van der Waals surface area contributed by atoms with Crippen molar-refractivity contribution in [2.45, 2.75) is 102 Å². The third kappa shape index (κ3) is 5.94. The molecule has 0 aliphatic carbocycles. The lowest BCUT2D eigenvalue weighted by Crippen LogP contribution is -2.61. The van der Waals surface area contributed by atoms with Gasteiger partial charge in [-0.05, 0) is 19.8 Å². The molecule has 0 aromatic carbocycles. The van der Waals surface area contributed by atoms with E-state index in [1.807, 2.05) is 13.8 Å². The van der Waals surface area contributed by atoms with Crippen molar-refractivity contribution in [3.8, 4) is 0 Å². The van der Waals surface area contributed by atoms with Gasteiger partial charge in [-0.15, -0.1) is 0 Å². The van der Waals surface area contributed by atoms with Crippen molar-refractivity contribution in [1.29, 1.82) is 0 Å². The van der Waals surface area contributed by atoms with Gasteiger partial charge in [0.05, 0.1) is 12.7 Å². The lowest BCUT2D eigenvalue weighted by molar-refractivity contribution is -0.331. The topological polar surface area (TPSA) is 175 Å². The van der Waals surface area contributed by atoms with Gasteiger partial charge in [0, 0.05) is 6.42 Å². The van der Waals surface area contributed by atoms with Crippen molar-refractivity contribution in [2.24, 2.45) is 5.92 Å². The molecule has 0 spiro atoms. The lowest BCUT2D eigenvalue weighted by Gasteiger charge is -2.42. The standard InChI is InChI=1S/C19H34O11/c1-7(2)5-10(20)8(3)28-19-17(26)15(24)13(22)11(30-19)6-27-18-16(25)14(23)12(21)9(4)29-18/h7-9,11-19,21-26H,5-6H2,1-4H3/t8-,9+,11-,12+,13-,14-,15+,16-,17-,18-,19-/m1/s1. The first kappa shape index (κ1) is 25.5. The second-order valence-electron chi connectivity index (χ2n) is 8.37. The monoisotopic (exact) mass is 438 g/mol. The first-order valence-corrected chi connectivity index (χ1v) is 10.1. The minimum atomic E-state index is -1.63. The fourth-order valence-corrected chi connectivity index (χ4v) is 3.35. The molecule has 0 amide bonds. The first-order valence-electron chi connectivity index (χ1n) is 10.1. The maximum absolute atomic E-state index is 12.1. The number of aliphatic hydroxyl groups is 6. The van der Waals surface area contributed by atoms with E-state index in [0.717, 1.165) is 0 Å². The number of hydrogen-bond acceptors (Lipinski definition) is 11. The zero-order chi connectivity index (χ0) is 22.7. The van der Waals surface area contributed by atoms with Crippen LogP contribution in [-0.4, -0.2) is 111 Å². The van der Waals surface area contributed by atoms with E-state index in [9.17, 15) is 35.4 Å². The number of aliphatic hydroxyl groups excluding tert-OH is 6. The Morgan fingerprint density at radius 3 is 2.00 bits per heavy atom. The van der Waals surface area contributed by atoms with E-state index in [4.69, 9.17) is 18.9 Å². The Bertz CT molecular complexity index is 559. The van der Waals surface area contributed by atoms with E-state index in [1.165, 1.54) is 13.8 Å². The minimum Gasteiger partial charge on any atom is -0.388 e. The Balaban J connectivity index is 1.98. The molecule has 11 heteroatoms. The molecule has 11 nitrogen and oxygen atoms in total. The average Bonchev–Trinajstić information content (AvgIpc) is 2.68. The molecule has 0 bridgehead atoms. The van der Waals surface area contributed by atoms with Crippen LogP contribution < -0.4 is 0 Å². The van der Waals surface area contributed by atoms with Crippen LogP contribution in [0.5, 0.6) is 0 Å². The first-order chi connectivity index (χ1) is 13.9. The zero-order valence-electron chi connectivity index (χ0n) is 17.6. The lowest BCUT2D eigenvalue weighted by atomic mass is 9.98. The quantitative estimate of drug-likeness (QED) is 0.239. The Hall–Kier alpha value is -0.730. The third-order valence-electron chi connectivity index (χ3n) is 5.30. The number of hydrogen-bond donors (Lipinski definition) is 6. The summed E-state index contributed by atoms with van der Waals surface area (Å²) >= 11 is 0. The molecule has 0 aromatic rings. The Morgan fingerprint density at radius 2 is 1.40 bits per heavy atom. The normalized spacial score (nSPS) is 43.6. The van der Waals surface area contributed by atoms with Crippen LogP contribution in [-0.2, 0) is 23.7 Å². The summed E-state index contributed by atoms with van der Waals surface area (Å²) in [7, 11) is 0. The number of ketones is 1. The molecule has 176 valence electrons. The molecule has 0 saturated carbocycles. The van der Waals surface area contributed by atoms with Gasteiger partial charge >= 0.3 is 0 Å². The molecule has 2 heterocycles. The summed E-state index contributed by atoms with van der Waals surface area (Å²) in [5.74, 6) is -0.0815. The number of rotatable bonds is 8.